The molecule has 42 heavy (non-hydrogen) atoms. The molecule has 2 atom stereocenters. The van der Waals surface area contributed by atoms with E-state index in [1.54, 1.807) is 10.9 Å². The molecule has 0 aliphatic carbocycles. The minimum Gasteiger partial charge on any atom is -0.506 e. The number of hydrogen-bond acceptors (Lipinski definition) is 12. The standard InChI is InChI=1S/C26H20F2N4O10/c1-9(17-19(33)13-7-11(27)3-5-15(13)41-25(17)39)29-31-23(37)21(35)22(36)24(38)32-30-10(2)18-20(34)14-8-12(28)4-6-16(14)42-26(18)40/h3-8,21-22,33-36H,1-2H3,(H,31,37)(H,32,38)/b29-9+,30-10+. The Morgan fingerprint density at radius 3 is 1.45 bits per heavy atom. The minimum absolute atomic E-state index is 0.118. The van der Waals surface area contributed by atoms with Crippen molar-refractivity contribution in [3.63, 3.8) is 0 Å². The summed E-state index contributed by atoms with van der Waals surface area (Å²) in [6, 6.07) is 6.07. The van der Waals surface area contributed by atoms with E-state index in [0.717, 1.165) is 50.2 Å². The fourth-order valence-corrected chi connectivity index (χ4v) is 3.76. The zero-order chi connectivity index (χ0) is 30.9. The lowest BCUT2D eigenvalue weighted by molar-refractivity contribution is -0.146. The summed E-state index contributed by atoms with van der Waals surface area (Å²) in [5.74, 6) is -5.71. The Morgan fingerprint density at radius 1 is 0.738 bits per heavy atom. The number of amides is 2. The highest BCUT2D eigenvalue weighted by Gasteiger charge is 2.31. The average Bonchev–Trinajstić information content (AvgIpc) is 2.94. The van der Waals surface area contributed by atoms with Crippen molar-refractivity contribution in [3.8, 4) is 11.5 Å². The molecule has 0 bridgehead atoms. The van der Waals surface area contributed by atoms with Crippen LogP contribution in [0.2, 0.25) is 0 Å². The van der Waals surface area contributed by atoms with E-state index in [-0.39, 0.29) is 33.4 Å². The maximum absolute atomic E-state index is 13.6. The first-order chi connectivity index (χ1) is 19.8. The van der Waals surface area contributed by atoms with Crippen LogP contribution in [0.15, 0.2) is 65.0 Å². The summed E-state index contributed by atoms with van der Waals surface area (Å²) < 4.78 is 37.2. The number of rotatable bonds is 7. The average molecular weight is 586 g/mol. The first-order valence-electron chi connectivity index (χ1n) is 11.8. The van der Waals surface area contributed by atoms with Gasteiger partial charge in [0.25, 0.3) is 11.8 Å². The van der Waals surface area contributed by atoms with Gasteiger partial charge in [0.05, 0.1) is 22.2 Å². The van der Waals surface area contributed by atoms with Crippen molar-refractivity contribution >= 4 is 45.2 Å². The molecule has 2 amide bonds. The number of aliphatic hydroxyl groups excluding tert-OH is 2. The topological polar surface area (TPSA) is 224 Å². The molecule has 16 heteroatoms. The molecule has 6 N–H and O–H groups in total. The second-order valence-electron chi connectivity index (χ2n) is 8.74. The van der Waals surface area contributed by atoms with Crippen LogP contribution in [0.25, 0.3) is 21.9 Å². The SMILES string of the molecule is C/C(=N\NC(=O)C(O)C(O)C(=O)N/N=C(\C)c1c(O)c2cc(F)ccc2oc1=O)c1c(O)c2cc(F)ccc2oc1=O. The molecule has 2 aromatic carbocycles. The summed E-state index contributed by atoms with van der Waals surface area (Å²) in [6.45, 7) is 2.33. The van der Waals surface area contributed by atoms with Crippen LogP contribution in [0.5, 0.6) is 11.5 Å². The summed E-state index contributed by atoms with van der Waals surface area (Å²) in [7, 11) is 0. The summed E-state index contributed by atoms with van der Waals surface area (Å²) in [4.78, 5) is 49.1. The van der Waals surface area contributed by atoms with Crippen molar-refractivity contribution in [2.24, 2.45) is 10.2 Å². The predicted octanol–water partition coefficient (Wildman–Crippen LogP) is 0.691. The van der Waals surface area contributed by atoms with Crippen LogP contribution in [0.1, 0.15) is 25.0 Å². The quantitative estimate of drug-likeness (QED) is 0.101. The number of aliphatic hydroxyl groups is 2. The lowest BCUT2D eigenvalue weighted by Gasteiger charge is -2.15. The third kappa shape index (κ3) is 5.70. The maximum atomic E-state index is 13.6. The van der Waals surface area contributed by atoms with Crippen molar-refractivity contribution in [1.29, 1.82) is 0 Å². The maximum Gasteiger partial charge on any atom is 0.349 e. The number of halogens is 2. The van der Waals surface area contributed by atoms with Crippen LogP contribution < -0.4 is 22.1 Å². The fourth-order valence-electron chi connectivity index (χ4n) is 3.76. The smallest absolute Gasteiger partial charge is 0.349 e. The van der Waals surface area contributed by atoms with Crippen molar-refractivity contribution in [1.82, 2.24) is 10.9 Å². The monoisotopic (exact) mass is 586 g/mol. The van der Waals surface area contributed by atoms with Crippen LogP contribution in [-0.2, 0) is 9.59 Å². The van der Waals surface area contributed by atoms with Gasteiger partial charge in [0.1, 0.15) is 45.4 Å². The highest BCUT2D eigenvalue weighted by atomic mass is 19.1. The molecular weight excluding hydrogens is 566 g/mol. The molecule has 4 aromatic rings. The lowest BCUT2D eigenvalue weighted by atomic mass is 10.1. The van der Waals surface area contributed by atoms with Crippen LogP contribution in [0, 0.1) is 11.6 Å². The lowest BCUT2D eigenvalue weighted by Crippen LogP contribution is -2.48. The Bertz CT molecular complexity index is 1790. The summed E-state index contributed by atoms with van der Waals surface area (Å²) in [5, 5.41) is 47.8. The normalized spacial score (nSPS) is 13.7. The number of aromatic hydroxyl groups is 2. The molecule has 218 valence electrons. The first kappa shape index (κ1) is 29.5. The van der Waals surface area contributed by atoms with Gasteiger partial charge < -0.3 is 29.3 Å². The number of carbonyl (C=O) groups is 2. The van der Waals surface area contributed by atoms with E-state index in [1.807, 2.05) is 0 Å². The van der Waals surface area contributed by atoms with Gasteiger partial charge in [0.2, 0.25) is 0 Å². The number of benzene rings is 2. The summed E-state index contributed by atoms with van der Waals surface area (Å²) in [5.41, 5.74) is -0.524. The fraction of sp³-hybridized carbons (Fsp3) is 0.154. The molecule has 0 fully saturated rings. The van der Waals surface area contributed by atoms with Gasteiger partial charge in [0, 0.05) is 0 Å². The Labute approximate surface area is 231 Å². The first-order valence-corrected chi connectivity index (χ1v) is 11.8. The molecule has 0 aliphatic heterocycles. The Morgan fingerprint density at radius 2 is 1.10 bits per heavy atom. The van der Waals surface area contributed by atoms with Gasteiger partial charge in [-0.2, -0.15) is 10.2 Å². The molecular formula is C26H20F2N4O10. The Kier molecular flexibility index (Phi) is 8.12. The molecule has 0 radical (unpaired) electrons. The third-order valence-corrected chi connectivity index (χ3v) is 5.91. The second kappa shape index (κ2) is 11.6. The van der Waals surface area contributed by atoms with Crippen molar-refractivity contribution in [2.75, 3.05) is 0 Å². The highest BCUT2D eigenvalue weighted by molar-refractivity contribution is 6.06. The molecule has 14 nitrogen and oxygen atoms in total. The summed E-state index contributed by atoms with van der Waals surface area (Å²) in [6.07, 6.45) is -4.87. The number of nitrogens with one attached hydrogen (secondary N) is 2. The van der Waals surface area contributed by atoms with E-state index in [1.165, 1.54) is 0 Å². The second-order valence-corrected chi connectivity index (χ2v) is 8.74. The largest absolute Gasteiger partial charge is 0.506 e. The van der Waals surface area contributed by atoms with Crippen molar-refractivity contribution in [2.45, 2.75) is 26.1 Å². The van der Waals surface area contributed by atoms with Gasteiger partial charge in [-0.1, -0.05) is 0 Å². The predicted molar refractivity (Wildman–Crippen MR) is 141 cm³/mol. The highest BCUT2D eigenvalue weighted by Crippen LogP contribution is 2.28. The van der Waals surface area contributed by atoms with Crippen molar-refractivity contribution < 1.29 is 47.6 Å². The number of hydrogen-bond donors (Lipinski definition) is 6. The molecule has 0 saturated heterocycles. The molecule has 0 saturated carbocycles. The zero-order valence-electron chi connectivity index (χ0n) is 21.5. The van der Waals surface area contributed by atoms with Gasteiger partial charge in [-0.25, -0.2) is 29.2 Å². The van der Waals surface area contributed by atoms with Gasteiger partial charge in [-0.05, 0) is 50.2 Å². The van der Waals surface area contributed by atoms with Crippen LogP contribution >= 0.6 is 0 Å². The van der Waals surface area contributed by atoms with E-state index >= 15 is 0 Å². The van der Waals surface area contributed by atoms with Gasteiger partial charge in [0.15, 0.2) is 12.2 Å². The van der Waals surface area contributed by atoms with E-state index in [0.29, 0.717) is 0 Å². The van der Waals surface area contributed by atoms with Crippen LogP contribution in [0.3, 0.4) is 0 Å². The van der Waals surface area contributed by atoms with Gasteiger partial charge in [-0.15, -0.1) is 0 Å². The van der Waals surface area contributed by atoms with E-state index in [2.05, 4.69) is 10.2 Å². The summed E-state index contributed by atoms with van der Waals surface area (Å²) >= 11 is 0. The third-order valence-electron chi connectivity index (χ3n) is 5.91. The molecule has 0 aliphatic rings. The molecule has 4 rings (SSSR count). The van der Waals surface area contributed by atoms with Gasteiger partial charge >= 0.3 is 11.3 Å². The van der Waals surface area contributed by atoms with Crippen LogP contribution in [-0.4, -0.2) is 55.9 Å². The zero-order valence-corrected chi connectivity index (χ0v) is 21.5. The minimum atomic E-state index is -2.44. The van der Waals surface area contributed by atoms with E-state index < -0.39 is 69.5 Å². The van der Waals surface area contributed by atoms with Gasteiger partial charge in [-0.3, -0.25) is 9.59 Å². The number of hydrazone groups is 2. The molecule has 2 heterocycles. The number of fused-ring (bicyclic) bond motifs is 2. The Balaban J connectivity index is 1.47. The molecule has 2 aromatic heterocycles. The molecule has 2 unspecified atom stereocenters. The van der Waals surface area contributed by atoms with E-state index in [9.17, 15) is 48.4 Å². The van der Waals surface area contributed by atoms with E-state index in [4.69, 9.17) is 8.83 Å². The number of nitrogens with zero attached hydrogens (tertiary/aromatic N) is 2. The van der Waals surface area contributed by atoms with Crippen LogP contribution in [0.4, 0.5) is 8.78 Å². The number of carbonyl (C=O) groups excluding carboxylic acids is 2. The van der Waals surface area contributed by atoms with Crippen molar-refractivity contribution in [3.05, 3.63) is 80.0 Å². The molecule has 0 spiro atoms. The Hall–Kier alpha value is -5.48.